The molecule has 6 heteroatoms. The highest BCUT2D eigenvalue weighted by atomic mass is 35.5. The zero-order valence-corrected chi connectivity index (χ0v) is 14.3. The van der Waals surface area contributed by atoms with Gasteiger partial charge in [-0.05, 0) is 42.8 Å². The standard InChI is InChI=1S/C18H15Cl2N3O/c19-13-2-1-3-15(9-13)23-11-21-16-8-12(4-5-17(16)23)18(24)22-7-6-14(20)10-22/h1-5,8-9,11,14H,6-7,10H2. The fourth-order valence-corrected chi connectivity index (χ4v) is 3.51. The number of fused-ring (bicyclic) bond motifs is 1. The van der Waals surface area contributed by atoms with E-state index in [1.165, 1.54) is 0 Å². The molecule has 0 aliphatic carbocycles. The number of amides is 1. The predicted octanol–water partition coefficient (Wildman–Crippen LogP) is 4.13. The fraction of sp³-hybridized carbons (Fsp3) is 0.222. The van der Waals surface area contributed by atoms with Crippen LogP contribution in [-0.4, -0.2) is 38.8 Å². The quantitative estimate of drug-likeness (QED) is 0.645. The van der Waals surface area contributed by atoms with Crippen molar-refractivity contribution in [2.24, 2.45) is 0 Å². The van der Waals surface area contributed by atoms with Gasteiger partial charge in [0.25, 0.3) is 5.91 Å². The van der Waals surface area contributed by atoms with Gasteiger partial charge in [0.2, 0.25) is 0 Å². The highest BCUT2D eigenvalue weighted by Crippen LogP contribution is 2.23. The van der Waals surface area contributed by atoms with Crippen LogP contribution in [0.3, 0.4) is 0 Å². The lowest BCUT2D eigenvalue weighted by Crippen LogP contribution is -2.28. The molecule has 1 saturated heterocycles. The molecule has 0 N–H and O–H groups in total. The second-order valence-corrected chi connectivity index (χ2v) is 6.99. The topological polar surface area (TPSA) is 38.1 Å². The summed E-state index contributed by atoms with van der Waals surface area (Å²) in [7, 11) is 0. The lowest BCUT2D eigenvalue weighted by Gasteiger charge is -2.15. The SMILES string of the molecule is O=C(c1ccc2c(c1)ncn2-c1cccc(Cl)c1)N1CCC(Cl)C1. The van der Waals surface area contributed by atoms with Crippen LogP contribution in [0.2, 0.25) is 5.02 Å². The van der Waals surface area contributed by atoms with Gasteiger partial charge in [0.05, 0.1) is 16.4 Å². The van der Waals surface area contributed by atoms with Gasteiger partial charge in [-0.25, -0.2) is 4.98 Å². The van der Waals surface area contributed by atoms with Crippen molar-refractivity contribution in [2.75, 3.05) is 13.1 Å². The van der Waals surface area contributed by atoms with E-state index < -0.39 is 0 Å². The summed E-state index contributed by atoms with van der Waals surface area (Å²) >= 11 is 12.2. The van der Waals surface area contributed by atoms with Gasteiger partial charge in [0.1, 0.15) is 6.33 Å². The van der Waals surface area contributed by atoms with Crippen molar-refractivity contribution in [3.05, 3.63) is 59.4 Å². The van der Waals surface area contributed by atoms with Crippen LogP contribution in [0.1, 0.15) is 16.8 Å². The monoisotopic (exact) mass is 359 g/mol. The minimum atomic E-state index is 0.0114. The largest absolute Gasteiger partial charge is 0.337 e. The Labute approximate surface area is 149 Å². The van der Waals surface area contributed by atoms with Crippen LogP contribution in [0, 0.1) is 0 Å². The Morgan fingerprint density at radius 3 is 2.83 bits per heavy atom. The molecule has 1 unspecified atom stereocenters. The molecule has 122 valence electrons. The summed E-state index contributed by atoms with van der Waals surface area (Å²) in [4.78, 5) is 18.8. The summed E-state index contributed by atoms with van der Waals surface area (Å²) in [6.45, 7) is 1.32. The van der Waals surface area contributed by atoms with Gasteiger partial charge in [0.15, 0.2) is 0 Å². The average molecular weight is 360 g/mol. The van der Waals surface area contributed by atoms with Crippen LogP contribution in [0.5, 0.6) is 0 Å². The Morgan fingerprint density at radius 1 is 1.21 bits per heavy atom. The van der Waals surface area contributed by atoms with E-state index in [-0.39, 0.29) is 11.3 Å². The average Bonchev–Trinajstić information content (AvgIpc) is 3.19. The Kier molecular flexibility index (Phi) is 3.94. The number of carbonyl (C=O) groups excluding carboxylic acids is 1. The van der Waals surface area contributed by atoms with Crippen LogP contribution in [0.25, 0.3) is 16.7 Å². The molecule has 4 nitrogen and oxygen atoms in total. The highest BCUT2D eigenvalue weighted by Gasteiger charge is 2.25. The van der Waals surface area contributed by atoms with E-state index >= 15 is 0 Å². The van der Waals surface area contributed by atoms with Gasteiger partial charge in [-0.15, -0.1) is 11.6 Å². The summed E-state index contributed by atoms with van der Waals surface area (Å²) in [6.07, 6.45) is 2.59. The molecule has 1 amide bonds. The first kappa shape index (κ1) is 15.5. The van der Waals surface area contributed by atoms with Crippen LogP contribution in [0.15, 0.2) is 48.8 Å². The summed E-state index contributed by atoms with van der Waals surface area (Å²) < 4.78 is 1.96. The molecule has 24 heavy (non-hydrogen) atoms. The molecular weight excluding hydrogens is 345 g/mol. The first-order valence-electron chi connectivity index (χ1n) is 7.78. The number of aromatic nitrogens is 2. The molecule has 1 aromatic heterocycles. The molecular formula is C18H15Cl2N3O. The number of hydrogen-bond acceptors (Lipinski definition) is 2. The van der Waals surface area contributed by atoms with Crippen LogP contribution < -0.4 is 0 Å². The molecule has 3 aromatic rings. The van der Waals surface area contributed by atoms with Crippen molar-refractivity contribution in [3.8, 4) is 5.69 Å². The summed E-state index contributed by atoms with van der Waals surface area (Å²) in [5.74, 6) is 0.0114. The Hall–Kier alpha value is -2.04. The third-order valence-electron chi connectivity index (χ3n) is 4.30. The Balaban J connectivity index is 1.69. The minimum absolute atomic E-state index is 0.0114. The van der Waals surface area contributed by atoms with Crippen molar-refractivity contribution in [3.63, 3.8) is 0 Å². The lowest BCUT2D eigenvalue weighted by atomic mass is 10.1. The number of halogens is 2. The third-order valence-corrected chi connectivity index (χ3v) is 4.89. The van der Waals surface area contributed by atoms with Gasteiger partial charge in [-0.3, -0.25) is 9.36 Å². The number of alkyl halides is 1. The van der Waals surface area contributed by atoms with Crippen molar-refractivity contribution in [1.82, 2.24) is 14.5 Å². The zero-order chi connectivity index (χ0) is 16.7. The predicted molar refractivity (Wildman–Crippen MR) is 96.2 cm³/mol. The Morgan fingerprint density at radius 2 is 2.08 bits per heavy atom. The second-order valence-electron chi connectivity index (χ2n) is 5.94. The number of likely N-dealkylation sites (tertiary alicyclic amines) is 1. The maximum absolute atomic E-state index is 12.6. The molecule has 2 heterocycles. The van der Waals surface area contributed by atoms with Gasteiger partial charge in [-0.2, -0.15) is 0 Å². The first-order valence-corrected chi connectivity index (χ1v) is 8.59. The summed E-state index contributed by atoms with van der Waals surface area (Å²) in [5.41, 5.74) is 3.30. The smallest absolute Gasteiger partial charge is 0.253 e. The first-order chi connectivity index (χ1) is 11.6. The van der Waals surface area contributed by atoms with Crippen molar-refractivity contribution in [1.29, 1.82) is 0 Å². The summed E-state index contributed by atoms with van der Waals surface area (Å²) in [6, 6.07) is 13.2. The molecule has 1 fully saturated rings. The molecule has 2 aromatic carbocycles. The van der Waals surface area contributed by atoms with Gasteiger partial charge in [0, 0.05) is 29.4 Å². The molecule has 0 spiro atoms. The fourth-order valence-electron chi connectivity index (χ4n) is 3.06. The number of benzene rings is 2. The number of nitrogens with zero attached hydrogens (tertiary/aromatic N) is 3. The zero-order valence-electron chi connectivity index (χ0n) is 12.8. The van der Waals surface area contributed by atoms with Crippen LogP contribution >= 0.6 is 23.2 Å². The molecule has 0 radical (unpaired) electrons. The molecule has 1 atom stereocenters. The highest BCUT2D eigenvalue weighted by molar-refractivity contribution is 6.30. The molecule has 1 aliphatic rings. The second kappa shape index (κ2) is 6.11. The van der Waals surface area contributed by atoms with Crippen molar-refractivity contribution < 1.29 is 4.79 Å². The van der Waals surface area contributed by atoms with Gasteiger partial charge >= 0.3 is 0 Å². The summed E-state index contributed by atoms with van der Waals surface area (Å²) in [5, 5.41) is 0.727. The molecule has 0 bridgehead atoms. The molecule has 1 aliphatic heterocycles. The van der Waals surface area contributed by atoms with E-state index in [2.05, 4.69) is 4.98 Å². The minimum Gasteiger partial charge on any atom is -0.337 e. The molecule has 0 saturated carbocycles. The maximum atomic E-state index is 12.6. The van der Waals surface area contributed by atoms with Gasteiger partial charge < -0.3 is 4.90 Å². The van der Waals surface area contributed by atoms with E-state index in [0.29, 0.717) is 23.7 Å². The number of carbonyl (C=O) groups is 1. The third kappa shape index (κ3) is 2.76. The number of imidazole rings is 1. The van der Waals surface area contributed by atoms with Crippen LogP contribution in [0.4, 0.5) is 0 Å². The van der Waals surface area contributed by atoms with E-state index in [9.17, 15) is 4.79 Å². The van der Waals surface area contributed by atoms with E-state index in [0.717, 1.165) is 23.1 Å². The normalized spacial score (nSPS) is 17.6. The van der Waals surface area contributed by atoms with E-state index in [4.69, 9.17) is 23.2 Å². The van der Waals surface area contributed by atoms with Crippen LogP contribution in [-0.2, 0) is 0 Å². The van der Waals surface area contributed by atoms with Crippen molar-refractivity contribution in [2.45, 2.75) is 11.8 Å². The number of hydrogen-bond donors (Lipinski definition) is 0. The van der Waals surface area contributed by atoms with E-state index in [1.807, 2.05) is 47.0 Å². The van der Waals surface area contributed by atoms with Crippen molar-refractivity contribution >= 4 is 40.1 Å². The number of rotatable bonds is 2. The van der Waals surface area contributed by atoms with E-state index in [1.54, 1.807) is 11.2 Å². The lowest BCUT2D eigenvalue weighted by molar-refractivity contribution is 0.0793. The van der Waals surface area contributed by atoms with Gasteiger partial charge in [-0.1, -0.05) is 17.7 Å². The Bertz CT molecular complexity index is 922. The maximum Gasteiger partial charge on any atom is 0.253 e. The molecule has 4 rings (SSSR count).